The van der Waals surface area contributed by atoms with Gasteiger partial charge in [-0.3, -0.25) is 9.74 Å². The summed E-state index contributed by atoms with van der Waals surface area (Å²) in [7, 11) is -3.84. The van der Waals surface area contributed by atoms with E-state index in [4.69, 9.17) is 14.8 Å². The second-order valence-electron chi connectivity index (χ2n) is 4.50. The normalized spacial score (nSPS) is 16.5. The smallest absolute Gasteiger partial charge is 0.263 e. The number of hydrogen-bond acceptors (Lipinski definition) is 6. The van der Waals surface area contributed by atoms with Crippen LogP contribution < -0.4 is 4.89 Å². The van der Waals surface area contributed by atoms with Crippen molar-refractivity contribution in [3.05, 3.63) is 29.8 Å². The van der Waals surface area contributed by atoms with Gasteiger partial charge >= 0.3 is 0 Å². The second kappa shape index (κ2) is 7.49. The van der Waals surface area contributed by atoms with Crippen LogP contribution >= 0.6 is 0 Å². The van der Waals surface area contributed by atoms with Crippen LogP contribution in [0, 0.1) is 11.3 Å². The van der Waals surface area contributed by atoms with E-state index >= 15 is 0 Å². The van der Waals surface area contributed by atoms with Gasteiger partial charge in [0.15, 0.2) is 0 Å². The summed E-state index contributed by atoms with van der Waals surface area (Å²) in [5.74, 6) is 0. The molecule has 7 nitrogen and oxygen atoms in total. The van der Waals surface area contributed by atoms with E-state index in [-0.39, 0.29) is 17.1 Å². The number of ether oxygens (including phenoxy) is 1. The lowest BCUT2D eigenvalue weighted by Gasteiger charge is -2.26. The van der Waals surface area contributed by atoms with Gasteiger partial charge in [-0.2, -0.15) is 5.26 Å². The van der Waals surface area contributed by atoms with Crippen LogP contribution in [0.15, 0.2) is 29.2 Å². The van der Waals surface area contributed by atoms with Gasteiger partial charge in [-0.15, -0.1) is 0 Å². The van der Waals surface area contributed by atoms with Crippen LogP contribution in [0.5, 0.6) is 0 Å². The van der Waals surface area contributed by atoms with Gasteiger partial charge in [0.2, 0.25) is 0 Å². The molecule has 0 bridgehead atoms. The largest absolute Gasteiger partial charge is 0.379 e. The first-order valence-electron chi connectivity index (χ1n) is 6.56. The summed E-state index contributed by atoms with van der Waals surface area (Å²) in [6, 6.07) is 7.83. The van der Waals surface area contributed by atoms with Crippen molar-refractivity contribution in [2.24, 2.45) is 0 Å². The Morgan fingerprint density at radius 1 is 1.33 bits per heavy atom. The molecule has 2 rings (SSSR count). The maximum absolute atomic E-state index is 12.0. The molecule has 0 aromatic heterocycles. The van der Waals surface area contributed by atoms with E-state index in [9.17, 15) is 8.42 Å². The zero-order valence-electron chi connectivity index (χ0n) is 11.5. The molecule has 1 heterocycles. The van der Waals surface area contributed by atoms with Crippen LogP contribution in [-0.4, -0.2) is 52.8 Å². The highest BCUT2D eigenvalue weighted by molar-refractivity contribution is 7.89. The topological polar surface area (TPSA) is 91.7 Å². The van der Waals surface area contributed by atoms with E-state index in [1.165, 1.54) is 12.1 Å². The first kappa shape index (κ1) is 15.9. The summed E-state index contributed by atoms with van der Waals surface area (Å²) in [5, 5.41) is 8.92. The van der Waals surface area contributed by atoms with Crippen LogP contribution in [0.2, 0.25) is 0 Å². The number of nitrogens with zero attached hydrogens (tertiary/aromatic N) is 2. The Morgan fingerprint density at radius 2 is 2.05 bits per heavy atom. The van der Waals surface area contributed by atoms with E-state index < -0.39 is 10.0 Å². The van der Waals surface area contributed by atoms with Gasteiger partial charge in [0.25, 0.3) is 10.0 Å². The van der Waals surface area contributed by atoms with Crippen LogP contribution in [0.25, 0.3) is 0 Å². The third kappa shape index (κ3) is 4.49. The summed E-state index contributed by atoms with van der Waals surface area (Å²) < 4.78 is 29.3. The number of hydrogen-bond donors (Lipinski definition) is 1. The number of morpholine rings is 1. The summed E-state index contributed by atoms with van der Waals surface area (Å²) in [4.78, 5) is 9.12. The Hall–Kier alpha value is -1.50. The predicted molar refractivity (Wildman–Crippen MR) is 74.7 cm³/mol. The van der Waals surface area contributed by atoms with Crippen molar-refractivity contribution in [1.29, 1.82) is 5.26 Å². The van der Waals surface area contributed by atoms with E-state index in [2.05, 4.69) is 9.79 Å². The maximum Gasteiger partial charge on any atom is 0.263 e. The molecule has 114 valence electrons. The van der Waals surface area contributed by atoms with Crippen LogP contribution in [0.4, 0.5) is 0 Å². The quantitative estimate of drug-likeness (QED) is 0.592. The molecule has 1 N–H and O–H groups in total. The van der Waals surface area contributed by atoms with Gasteiger partial charge in [0.1, 0.15) is 11.0 Å². The average Bonchev–Trinajstić information content (AvgIpc) is 2.52. The molecule has 1 aromatic carbocycles. The highest BCUT2D eigenvalue weighted by Crippen LogP contribution is 2.13. The fraction of sp³-hybridized carbons (Fsp3) is 0.462. The van der Waals surface area contributed by atoms with Gasteiger partial charge in [-0.25, -0.2) is 8.42 Å². The zero-order valence-corrected chi connectivity index (χ0v) is 12.3. The lowest BCUT2D eigenvalue weighted by atomic mass is 10.2. The first-order chi connectivity index (χ1) is 10.1. The minimum atomic E-state index is -3.84. The van der Waals surface area contributed by atoms with Gasteiger partial charge < -0.3 is 4.74 Å². The molecule has 0 unspecified atom stereocenters. The van der Waals surface area contributed by atoms with E-state index in [1.807, 2.05) is 6.07 Å². The van der Waals surface area contributed by atoms with Crippen molar-refractivity contribution in [2.75, 3.05) is 39.5 Å². The Bertz CT molecular complexity index is 606. The van der Waals surface area contributed by atoms with Crippen LogP contribution in [-0.2, 0) is 19.6 Å². The Kier molecular flexibility index (Phi) is 5.67. The molecule has 1 aromatic rings. The number of nitriles is 1. The van der Waals surface area contributed by atoms with Gasteiger partial charge in [0, 0.05) is 19.6 Å². The molecule has 0 amide bonds. The molecule has 0 radical (unpaired) electrons. The van der Waals surface area contributed by atoms with E-state index in [1.54, 1.807) is 12.1 Å². The molecule has 21 heavy (non-hydrogen) atoms. The Labute approximate surface area is 124 Å². The van der Waals surface area contributed by atoms with Crippen molar-refractivity contribution in [3.63, 3.8) is 0 Å². The number of sulfonamides is 1. The average molecular weight is 311 g/mol. The third-order valence-corrected chi connectivity index (χ3v) is 4.35. The molecule has 0 atom stereocenters. The third-order valence-electron chi connectivity index (χ3n) is 3.08. The predicted octanol–water partition coefficient (Wildman–Crippen LogP) is 0.100. The molecule has 0 saturated carbocycles. The summed E-state index contributed by atoms with van der Waals surface area (Å²) in [5.41, 5.74) is 0.0850. The second-order valence-corrected chi connectivity index (χ2v) is 6.11. The summed E-state index contributed by atoms with van der Waals surface area (Å²) >= 11 is 0. The molecule has 1 aliphatic heterocycles. The Balaban J connectivity index is 1.85. The first-order valence-corrected chi connectivity index (χ1v) is 8.04. The lowest BCUT2D eigenvalue weighted by molar-refractivity contribution is 0.0125. The molecular formula is C13H17N3O4S. The molecular weight excluding hydrogens is 294 g/mol. The molecule has 0 spiro atoms. The standard InChI is InChI=1S/C13H17N3O4S/c14-11-12-3-1-2-4-13(12)21(17,18)15-20-10-7-16-5-8-19-9-6-16/h1-4,15H,5-10H2. The highest BCUT2D eigenvalue weighted by Gasteiger charge is 2.18. The molecule has 1 fully saturated rings. The van der Waals surface area contributed by atoms with Crippen LogP contribution in [0.3, 0.4) is 0 Å². The van der Waals surface area contributed by atoms with Crippen molar-refractivity contribution in [1.82, 2.24) is 9.79 Å². The van der Waals surface area contributed by atoms with Crippen molar-refractivity contribution in [3.8, 4) is 6.07 Å². The maximum atomic E-state index is 12.0. The minimum absolute atomic E-state index is 0.0844. The lowest BCUT2D eigenvalue weighted by Crippen LogP contribution is -2.39. The van der Waals surface area contributed by atoms with Crippen molar-refractivity contribution in [2.45, 2.75) is 4.90 Å². The molecule has 1 aliphatic rings. The molecule has 1 saturated heterocycles. The van der Waals surface area contributed by atoms with Gasteiger partial charge in [-0.1, -0.05) is 17.0 Å². The molecule has 0 aliphatic carbocycles. The SMILES string of the molecule is N#Cc1ccccc1S(=O)(=O)NOCCN1CCOCC1. The van der Waals surface area contributed by atoms with Crippen LogP contribution in [0.1, 0.15) is 5.56 Å². The highest BCUT2D eigenvalue weighted by atomic mass is 32.2. The van der Waals surface area contributed by atoms with Crippen molar-refractivity contribution >= 4 is 10.0 Å². The van der Waals surface area contributed by atoms with Crippen molar-refractivity contribution < 1.29 is 18.0 Å². The van der Waals surface area contributed by atoms with Gasteiger partial charge in [-0.05, 0) is 12.1 Å². The summed E-state index contributed by atoms with van der Waals surface area (Å²) in [6.07, 6.45) is 0. The van der Waals surface area contributed by atoms with Gasteiger partial charge in [0.05, 0.1) is 25.4 Å². The number of rotatable bonds is 6. The zero-order chi connectivity index (χ0) is 15.1. The fourth-order valence-electron chi connectivity index (χ4n) is 1.96. The molecule has 8 heteroatoms. The minimum Gasteiger partial charge on any atom is -0.379 e. The number of benzene rings is 1. The fourth-order valence-corrected chi connectivity index (χ4v) is 2.95. The van der Waals surface area contributed by atoms with E-state index in [0.29, 0.717) is 19.8 Å². The monoisotopic (exact) mass is 311 g/mol. The number of nitrogens with one attached hydrogen (secondary N) is 1. The van der Waals surface area contributed by atoms with E-state index in [0.717, 1.165) is 13.1 Å². The Morgan fingerprint density at radius 3 is 2.76 bits per heavy atom. The summed E-state index contributed by atoms with van der Waals surface area (Å²) in [6.45, 7) is 3.84.